The molecule has 1 heterocycles. The second-order valence-electron chi connectivity index (χ2n) is 4.81. The van der Waals surface area contributed by atoms with Crippen LogP contribution in [0.1, 0.15) is 5.56 Å². The van der Waals surface area contributed by atoms with Crippen LogP contribution < -0.4 is 5.32 Å². The van der Waals surface area contributed by atoms with E-state index in [-0.39, 0.29) is 17.3 Å². The molecule has 2 rings (SSSR count). The molecule has 1 fully saturated rings. The Hall–Kier alpha value is -0.980. The van der Waals surface area contributed by atoms with Gasteiger partial charge in [0.1, 0.15) is 5.82 Å². The van der Waals surface area contributed by atoms with Gasteiger partial charge in [-0.3, -0.25) is 4.90 Å². The molecule has 19 heavy (non-hydrogen) atoms. The van der Waals surface area contributed by atoms with Gasteiger partial charge in [0.05, 0.1) is 11.5 Å². The van der Waals surface area contributed by atoms with E-state index in [4.69, 9.17) is 0 Å². The van der Waals surface area contributed by atoms with Gasteiger partial charge in [0, 0.05) is 32.7 Å². The number of nitrogens with zero attached hydrogens (tertiary/aromatic N) is 1. The summed E-state index contributed by atoms with van der Waals surface area (Å²) in [6.45, 7) is 4.19. The Labute approximate surface area is 113 Å². The lowest BCUT2D eigenvalue weighted by Gasteiger charge is -2.26. The Kier molecular flexibility index (Phi) is 4.90. The molecule has 4 nitrogen and oxygen atoms in total. The molecule has 0 bridgehead atoms. The monoisotopic (exact) mass is 286 g/mol. The molecule has 0 aliphatic carbocycles. The van der Waals surface area contributed by atoms with Crippen molar-refractivity contribution in [2.45, 2.75) is 5.75 Å². The van der Waals surface area contributed by atoms with Crippen LogP contribution >= 0.6 is 0 Å². The van der Waals surface area contributed by atoms with Crippen molar-refractivity contribution in [3.05, 3.63) is 35.6 Å². The van der Waals surface area contributed by atoms with Crippen molar-refractivity contribution < 1.29 is 12.8 Å². The van der Waals surface area contributed by atoms with Crippen LogP contribution in [0.3, 0.4) is 0 Å². The second kappa shape index (κ2) is 6.45. The smallest absolute Gasteiger partial charge is 0.155 e. The molecule has 1 aromatic rings. The summed E-state index contributed by atoms with van der Waals surface area (Å²) in [5.41, 5.74) is 0.640. The van der Waals surface area contributed by atoms with E-state index >= 15 is 0 Å². The van der Waals surface area contributed by atoms with Crippen LogP contribution in [0.4, 0.5) is 4.39 Å². The van der Waals surface area contributed by atoms with E-state index in [9.17, 15) is 12.8 Å². The maximum absolute atomic E-state index is 12.7. The maximum atomic E-state index is 12.7. The lowest BCUT2D eigenvalue weighted by Crippen LogP contribution is -2.45. The highest BCUT2D eigenvalue weighted by molar-refractivity contribution is 7.90. The minimum atomic E-state index is -3.13. The van der Waals surface area contributed by atoms with Crippen LogP contribution in [0.15, 0.2) is 24.3 Å². The minimum Gasteiger partial charge on any atom is -0.314 e. The number of hydrogen-bond acceptors (Lipinski definition) is 4. The third-order valence-corrected chi connectivity index (χ3v) is 4.81. The van der Waals surface area contributed by atoms with E-state index in [1.807, 2.05) is 0 Å². The van der Waals surface area contributed by atoms with Crippen LogP contribution in [0, 0.1) is 5.82 Å². The van der Waals surface area contributed by atoms with Crippen molar-refractivity contribution in [2.24, 2.45) is 0 Å². The summed E-state index contributed by atoms with van der Waals surface area (Å²) >= 11 is 0. The average Bonchev–Trinajstić information content (AvgIpc) is 2.40. The zero-order chi connectivity index (χ0) is 13.7. The van der Waals surface area contributed by atoms with Crippen molar-refractivity contribution >= 4 is 9.84 Å². The summed E-state index contributed by atoms with van der Waals surface area (Å²) in [5.74, 6) is -0.203. The molecule has 6 heteroatoms. The predicted octanol–water partition coefficient (Wildman–Crippen LogP) is 0.646. The Balaban J connectivity index is 1.85. The number of benzene rings is 1. The Morgan fingerprint density at radius 3 is 2.42 bits per heavy atom. The van der Waals surface area contributed by atoms with Crippen LogP contribution in [-0.2, 0) is 15.6 Å². The van der Waals surface area contributed by atoms with Crippen LogP contribution in [-0.4, -0.2) is 51.8 Å². The number of halogens is 1. The lowest BCUT2D eigenvalue weighted by atomic mass is 10.2. The average molecular weight is 286 g/mol. The molecule has 1 aliphatic rings. The first-order valence-corrected chi connectivity index (χ1v) is 8.25. The maximum Gasteiger partial charge on any atom is 0.155 e. The summed E-state index contributed by atoms with van der Waals surface area (Å²) in [6.07, 6.45) is 0. The van der Waals surface area contributed by atoms with Gasteiger partial charge in [-0.1, -0.05) is 12.1 Å². The standard InChI is InChI=1S/C13H19FN2O2S/c14-13-3-1-12(2-4-13)11-19(17,18)10-9-16-7-5-15-6-8-16/h1-4,15H,5-11H2. The fourth-order valence-corrected chi connectivity index (χ4v) is 3.49. The zero-order valence-corrected chi connectivity index (χ0v) is 11.6. The van der Waals surface area contributed by atoms with Gasteiger partial charge in [0.25, 0.3) is 0 Å². The van der Waals surface area contributed by atoms with Gasteiger partial charge in [-0.25, -0.2) is 12.8 Å². The third-order valence-electron chi connectivity index (χ3n) is 3.23. The predicted molar refractivity (Wildman–Crippen MR) is 73.2 cm³/mol. The van der Waals surface area contributed by atoms with Gasteiger partial charge in [-0.2, -0.15) is 0 Å². The second-order valence-corrected chi connectivity index (χ2v) is 6.99. The topological polar surface area (TPSA) is 49.4 Å². The summed E-state index contributed by atoms with van der Waals surface area (Å²) in [6, 6.07) is 5.64. The molecule has 1 aromatic carbocycles. The number of sulfone groups is 1. The Bertz CT molecular complexity index is 496. The van der Waals surface area contributed by atoms with Gasteiger partial charge >= 0.3 is 0 Å². The summed E-state index contributed by atoms with van der Waals surface area (Å²) in [7, 11) is -3.13. The molecule has 1 N–H and O–H groups in total. The summed E-state index contributed by atoms with van der Waals surface area (Å²) in [4.78, 5) is 2.15. The van der Waals surface area contributed by atoms with Crippen molar-refractivity contribution in [1.82, 2.24) is 10.2 Å². The number of piperazine rings is 1. The van der Waals surface area contributed by atoms with Gasteiger partial charge in [-0.05, 0) is 17.7 Å². The van der Waals surface area contributed by atoms with Crippen LogP contribution in [0.25, 0.3) is 0 Å². The first kappa shape index (κ1) is 14.4. The molecular weight excluding hydrogens is 267 g/mol. The zero-order valence-electron chi connectivity index (χ0n) is 10.8. The molecule has 106 valence electrons. The largest absolute Gasteiger partial charge is 0.314 e. The number of nitrogens with one attached hydrogen (secondary N) is 1. The normalized spacial score (nSPS) is 17.5. The first-order valence-electron chi connectivity index (χ1n) is 6.43. The fraction of sp³-hybridized carbons (Fsp3) is 0.538. The molecule has 1 saturated heterocycles. The van der Waals surface area contributed by atoms with Crippen molar-refractivity contribution in [3.8, 4) is 0 Å². The quantitative estimate of drug-likeness (QED) is 0.863. The highest BCUT2D eigenvalue weighted by atomic mass is 32.2. The summed E-state index contributed by atoms with van der Waals surface area (Å²) < 4.78 is 36.7. The van der Waals surface area contributed by atoms with E-state index in [0.29, 0.717) is 12.1 Å². The van der Waals surface area contributed by atoms with Crippen molar-refractivity contribution in [1.29, 1.82) is 0 Å². The summed E-state index contributed by atoms with van der Waals surface area (Å²) in [5, 5.41) is 3.23. The molecule has 0 saturated carbocycles. The van der Waals surface area contributed by atoms with Gasteiger partial charge in [0.15, 0.2) is 9.84 Å². The highest BCUT2D eigenvalue weighted by Crippen LogP contribution is 2.08. The molecule has 0 spiro atoms. The third kappa shape index (κ3) is 4.89. The molecule has 0 unspecified atom stereocenters. The molecular formula is C13H19FN2O2S. The molecule has 0 amide bonds. The lowest BCUT2D eigenvalue weighted by molar-refractivity contribution is 0.254. The van der Waals surface area contributed by atoms with Crippen LogP contribution in [0.2, 0.25) is 0 Å². The number of rotatable bonds is 5. The van der Waals surface area contributed by atoms with E-state index in [2.05, 4.69) is 10.2 Å². The highest BCUT2D eigenvalue weighted by Gasteiger charge is 2.16. The van der Waals surface area contributed by atoms with Crippen LogP contribution in [0.5, 0.6) is 0 Å². The van der Waals surface area contributed by atoms with E-state index in [1.54, 1.807) is 0 Å². The van der Waals surface area contributed by atoms with E-state index < -0.39 is 9.84 Å². The van der Waals surface area contributed by atoms with Gasteiger partial charge < -0.3 is 5.32 Å². The SMILES string of the molecule is O=S(=O)(CCN1CCNCC1)Cc1ccc(F)cc1. The molecule has 0 radical (unpaired) electrons. The molecule has 1 aliphatic heterocycles. The van der Waals surface area contributed by atoms with Crippen molar-refractivity contribution in [2.75, 3.05) is 38.5 Å². The fourth-order valence-electron chi connectivity index (χ4n) is 2.11. The Morgan fingerprint density at radius 1 is 1.16 bits per heavy atom. The van der Waals surface area contributed by atoms with Crippen molar-refractivity contribution in [3.63, 3.8) is 0 Å². The minimum absolute atomic E-state index is 0.0145. The number of hydrogen-bond donors (Lipinski definition) is 1. The van der Waals surface area contributed by atoms with E-state index in [0.717, 1.165) is 26.2 Å². The van der Waals surface area contributed by atoms with Gasteiger partial charge in [-0.15, -0.1) is 0 Å². The van der Waals surface area contributed by atoms with Gasteiger partial charge in [0.2, 0.25) is 0 Å². The molecule has 0 atom stereocenters. The molecule has 0 aromatic heterocycles. The van der Waals surface area contributed by atoms with E-state index in [1.165, 1.54) is 24.3 Å². The Morgan fingerprint density at radius 2 is 1.79 bits per heavy atom. The first-order chi connectivity index (χ1) is 9.05.